The number of nitrogens with two attached hydrogens (primary N) is 1. The van der Waals surface area contributed by atoms with Gasteiger partial charge in [0, 0.05) is 16.3 Å². The summed E-state index contributed by atoms with van der Waals surface area (Å²) in [4.78, 5) is 4.45. The van der Waals surface area contributed by atoms with Gasteiger partial charge in [0.2, 0.25) is 0 Å². The zero-order valence-electron chi connectivity index (χ0n) is 15.4. The van der Waals surface area contributed by atoms with Crippen LogP contribution in [0, 0.1) is 0 Å². The molecule has 0 spiro atoms. The average molecular weight is 558 g/mol. The van der Waals surface area contributed by atoms with Crippen molar-refractivity contribution in [2.45, 2.75) is 17.9 Å². The lowest BCUT2D eigenvalue weighted by atomic mass is 10.1. The molecule has 1 atom stereocenters. The first-order valence-corrected chi connectivity index (χ1v) is 10.8. The molecule has 0 amide bonds. The van der Waals surface area contributed by atoms with Crippen molar-refractivity contribution in [2.75, 3.05) is 19.4 Å². The van der Waals surface area contributed by atoms with E-state index < -0.39 is 9.84 Å². The second-order valence-corrected chi connectivity index (χ2v) is 8.75. The van der Waals surface area contributed by atoms with Gasteiger partial charge in [0.05, 0.1) is 17.5 Å². The van der Waals surface area contributed by atoms with Crippen LogP contribution >= 0.6 is 47.2 Å². The molecule has 2 aromatic rings. The minimum Gasteiger partial charge on any atom is -0.492 e. The Balaban J connectivity index is 0.00000392. The summed E-state index contributed by atoms with van der Waals surface area (Å²) in [5.41, 5.74) is 6.75. The van der Waals surface area contributed by atoms with Crippen molar-refractivity contribution in [1.29, 1.82) is 0 Å². The first-order chi connectivity index (χ1) is 12.7. The maximum Gasteiger partial charge on any atom is 0.189 e. The molecule has 6 nitrogen and oxygen atoms in total. The van der Waals surface area contributed by atoms with E-state index in [4.69, 9.17) is 33.7 Å². The topological polar surface area (TPSA) is 93.8 Å². The van der Waals surface area contributed by atoms with Crippen molar-refractivity contribution in [3.63, 3.8) is 0 Å². The van der Waals surface area contributed by atoms with Crippen LogP contribution in [0.1, 0.15) is 18.5 Å². The van der Waals surface area contributed by atoms with Gasteiger partial charge in [-0.15, -0.1) is 24.0 Å². The molecule has 0 aliphatic rings. The highest BCUT2D eigenvalue weighted by molar-refractivity contribution is 14.0. The summed E-state index contributed by atoms with van der Waals surface area (Å²) >= 11 is 12.1. The zero-order valence-corrected chi connectivity index (χ0v) is 20.0. The number of ether oxygens (including phenoxy) is 1. The third kappa shape index (κ3) is 7.65. The van der Waals surface area contributed by atoms with E-state index in [1.54, 1.807) is 24.3 Å². The average Bonchev–Trinajstić information content (AvgIpc) is 2.58. The Morgan fingerprint density at radius 2 is 1.86 bits per heavy atom. The van der Waals surface area contributed by atoms with Gasteiger partial charge in [-0.05, 0) is 48.9 Å². The normalized spacial score (nSPS) is 12.8. The van der Waals surface area contributed by atoms with Gasteiger partial charge in [0.1, 0.15) is 12.4 Å². The molecule has 28 heavy (non-hydrogen) atoms. The highest BCUT2D eigenvalue weighted by Gasteiger charge is 2.10. The Hall–Kier alpha value is -1.23. The fourth-order valence-corrected chi connectivity index (χ4v) is 3.51. The van der Waals surface area contributed by atoms with Crippen molar-refractivity contribution in [3.05, 3.63) is 58.1 Å². The van der Waals surface area contributed by atoms with Crippen LogP contribution in [0.25, 0.3) is 0 Å². The van der Waals surface area contributed by atoms with Crippen molar-refractivity contribution < 1.29 is 13.2 Å². The molecule has 0 radical (unpaired) electrons. The maximum atomic E-state index is 11.4. The number of benzene rings is 2. The van der Waals surface area contributed by atoms with Gasteiger partial charge < -0.3 is 15.8 Å². The zero-order chi connectivity index (χ0) is 20.0. The predicted molar refractivity (Wildman–Crippen MR) is 125 cm³/mol. The van der Waals surface area contributed by atoms with E-state index in [1.807, 2.05) is 13.0 Å². The number of nitrogens with zero attached hydrogens (tertiary/aromatic N) is 1. The van der Waals surface area contributed by atoms with E-state index in [0.717, 1.165) is 11.8 Å². The first kappa shape index (κ1) is 24.8. The van der Waals surface area contributed by atoms with Gasteiger partial charge in [-0.2, -0.15) is 0 Å². The molecule has 3 N–H and O–H groups in total. The molecule has 1 unspecified atom stereocenters. The molecule has 0 aromatic heterocycles. The second kappa shape index (κ2) is 11.1. The van der Waals surface area contributed by atoms with Crippen LogP contribution in [0.5, 0.6) is 5.75 Å². The van der Waals surface area contributed by atoms with Gasteiger partial charge in [-0.1, -0.05) is 29.3 Å². The minimum absolute atomic E-state index is 0. The van der Waals surface area contributed by atoms with Crippen LogP contribution in [-0.4, -0.2) is 33.8 Å². The molecule has 0 bridgehead atoms. The summed E-state index contributed by atoms with van der Waals surface area (Å²) in [7, 11) is -3.21. The quantitative estimate of drug-likeness (QED) is 0.232. The fraction of sp³-hybridized carbons (Fsp3) is 0.278. The summed E-state index contributed by atoms with van der Waals surface area (Å²) in [6.45, 7) is 2.56. The summed E-state index contributed by atoms with van der Waals surface area (Å²) in [6, 6.07) is 11.3. The molecule has 2 rings (SSSR count). The lowest BCUT2D eigenvalue weighted by Crippen LogP contribution is -2.34. The van der Waals surface area contributed by atoms with Crippen molar-refractivity contribution in [2.24, 2.45) is 10.7 Å². The number of guanidine groups is 1. The number of rotatable bonds is 7. The Morgan fingerprint density at radius 1 is 1.21 bits per heavy atom. The molecular weight excluding hydrogens is 536 g/mol. The van der Waals surface area contributed by atoms with E-state index in [0.29, 0.717) is 28.9 Å². The molecule has 154 valence electrons. The highest BCUT2D eigenvalue weighted by Crippen LogP contribution is 2.25. The number of hydrogen-bond acceptors (Lipinski definition) is 4. The SMILES string of the molecule is CC(NC(N)=NCCOc1ccc(S(C)(=O)=O)cc1)c1ccc(Cl)cc1Cl.I. The Bertz CT molecular complexity index is 922. The van der Waals surface area contributed by atoms with Crippen molar-refractivity contribution in [1.82, 2.24) is 5.32 Å². The molecule has 0 aliphatic heterocycles. The van der Waals surface area contributed by atoms with Crippen LogP contribution in [0.2, 0.25) is 10.0 Å². The summed E-state index contributed by atoms with van der Waals surface area (Å²) in [6.07, 6.45) is 1.16. The first-order valence-electron chi connectivity index (χ1n) is 8.11. The van der Waals surface area contributed by atoms with E-state index in [2.05, 4.69) is 10.3 Å². The van der Waals surface area contributed by atoms with Crippen LogP contribution in [0.4, 0.5) is 0 Å². The summed E-state index contributed by atoms with van der Waals surface area (Å²) < 4.78 is 28.4. The lowest BCUT2D eigenvalue weighted by Gasteiger charge is -2.16. The lowest BCUT2D eigenvalue weighted by molar-refractivity contribution is 0.328. The number of sulfone groups is 1. The predicted octanol–water partition coefficient (Wildman–Crippen LogP) is 4.06. The van der Waals surface area contributed by atoms with Gasteiger partial charge in [-0.3, -0.25) is 0 Å². The van der Waals surface area contributed by atoms with Gasteiger partial charge in [-0.25, -0.2) is 13.4 Å². The second-order valence-electron chi connectivity index (χ2n) is 5.89. The fourth-order valence-electron chi connectivity index (χ4n) is 2.31. The van der Waals surface area contributed by atoms with Crippen molar-refractivity contribution in [3.8, 4) is 5.75 Å². The third-order valence-corrected chi connectivity index (χ3v) is 5.38. The van der Waals surface area contributed by atoms with Crippen LogP contribution in [0.15, 0.2) is 52.4 Å². The maximum absolute atomic E-state index is 11.4. The van der Waals surface area contributed by atoms with E-state index in [1.165, 1.54) is 12.1 Å². The van der Waals surface area contributed by atoms with Gasteiger partial charge in [0.15, 0.2) is 15.8 Å². The molecule has 0 aliphatic carbocycles. The van der Waals surface area contributed by atoms with Gasteiger partial charge in [0.25, 0.3) is 0 Å². The Morgan fingerprint density at radius 3 is 2.43 bits per heavy atom. The molecule has 0 saturated carbocycles. The summed E-state index contributed by atoms with van der Waals surface area (Å²) in [5, 5.41) is 4.18. The van der Waals surface area contributed by atoms with Gasteiger partial charge >= 0.3 is 0 Å². The van der Waals surface area contributed by atoms with E-state index in [9.17, 15) is 8.42 Å². The monoisotopic (exact) mass is 557 g/mol. The molecule has 0 saturated heterocycles. The number of halogens is 3. The minimum atomic E-state index is -3.21. The van der Waals surface area contributed by atoms with E-state index in [-0.39, 0.29) is 40.9 Å². The largest absolute Gasteiger partial charge is 0.492 e. The number of hydrogen-bond donors (Lipinski definition) is 2. The molecule has 0 heterocycles. The summed E-state index contributed by atoms with van der Waals surface area (Å²) in [5.74, 6) is 0.829. The highest BCUT2D eigenvalue weighted by atomic mass is 127. The van der Waals surface area contributed by atoms with Crippen LogP contribution < -0.4 is 15.8 Å². The molecule has 2 aromatic carbocycles. The molecular formula is C18H22Cl2IN3O3S. The Kier molecular flexibility index (Phi) is 9.82. The Labute approximate surface area is 192 Å². The van der Waals surface area contributed by atoms with Crippen molar-refractivity contribution >= 4 is 63.0 Å². The third-order valence-electron chi connectivity index (χ3n) is 3.69. The number of nitrogens with one attached hydrogen (secondary N) is 1. The number of aliphatic imine (C=N–C) groups is 1. The van der Waals surface area contributed by atoms with Crippen LogP contribution in [0.3, 0.4) is 0 Å². The standard InChI is InChI=1S/C18H21Cl2N3O3S.HI/c1-12(16-8-3-13(19)11-17(16)20)23-18(21)22-9-10-26-14-4-6-15(7-5-14)27(2,24)25;/h3-8,11-12H,9-10H2,1-2H3,(H3,21,22,23);1H. The molecule has 10 heteroatoms. The van der Waals surface area contributed by atoms with Crippen LogP contribution in [-0.2, 0) is 9.84 Å². The van der Waals surface area contributed by atoms with E-state index >= 15 is 0 Å². The molecule has 0 fully saturated rings. The smallest absolute Gasteiger partial charge is 0.189 e.